The first-order valence-corrected chi connectivity index (χ1v) is 9.43. The molecule has 0 aliphatic carbocycles. The van der Waals surface area contributed by atoms with Crippen LogP contribution in [-0.2, 0) is 14.8 Å². The van der Waals surface area contributed by atoms with Crippen LogP contribution in [0.25, 0.3) is 0 Å². The Morgan fingerprint density at radius 3 is 2.23 bits per heavy atom. The van der Waals surface area contributed by atoms with Crippen LogP contribution in [0.2, 0.25) is 10.0 Å². The molecule has 1 aromatic rings. The molecule has 2 heterocycles. The number of thioether (sulfide) groups is 1. The third kappa shape index (κ3) is 2.52. The Labute approximate surface area is 141 Å². The van der Waals surface area contributed by atoms with Gasteiger partial charge < -0.3 is 0 Å². The number of amides is 2. The van der Waals surface area contributed by atoms with Gasteiger partial charge in [-0.3, -0.25) is 14.5 Å². The number of rotatable bonds is 3. The Bertz CT molecular complexity index is 726. The number of halogens is 2. The number of hydrogen-bond donors (Lipinski definition) is 0. The van der Waals surface area contributed by atoms with Crippen molar-refractivity contribution in [2.45, 2.75) is 10.9 Å². The third-order valence-corrected chi connectivity index (χ3v) is 7.12. The second-order valence-electron chi connectivity index (χ2n) is 4.84. The highest BCUT2D eigenvalue weighted by molar-refractivity contribution is 8.14. The summed E-state index contributed by atoms with van der Waals surface area (Å²) in [6, 6.07) is 4.02. The molecule has 0 unspecified atom stereocenters. The minimum atomic E-state index is -3.85. The molecule has 0 N–H and O–H groups in total. The minimum absolute atomic E-state index is 0.0415. The van der Waals surface area contributed by atoms with Crippen molar-refractivity contribution in [1.82, 2.24) is 9.21 Å². The number of carbonyl (C=O) groups excluding carboxylic acids is 2. The van der Waals surface area contributed by atoms with E-state index in [1.807, 2.05) is 0 Å². The van der Waals surface area contributed by atoms with E-state index in [0.717, 1.165) is 21.0 Å². The van der Waals surface area contributed by atoms with Crippen molar-refractivity contribution in [3.8, 4) is 0 Å². The fourth-order valence-corrected chi connectivity index (χ4v) is 5.73. The maximum atomic E-state index is 12.5. The predicted octanol–water partition coefficient (Wildman–Crippen LogP) is 2.06. The summed E-state index contributed by atoms with van der Waals surface area (Å²) in [5.41, 5.74) is 0. The second-order valence-corrected chi connectivity index (χ2v) is 8.46. The fourth-order valence-electron chi connectivity index (χ4n) is 2.35. The maximum Gasteiger partial charge on any atom is 0.289 e. The topological polar surface area (TPSA) is 74.8 Å². The third-order valence-electron chi connectivity index (χ3n) is 3.50. The summed E-state index contributed by atoms with van der Waals surface area (Å²) in [7, 11) is -3.85. The van der Waals surface area contributed by atoms with Gasteiger partial charge in [0.15, 0.2) is 0 Å². The van der Waals surface area contributed by atoms with Gasteiger partial charge in [-0.05, 0) is 12.1 Å². The molecule has 0 atom stereocenters. The lowest BCUT2D eigenvalue weighted by molar-refractivity contribution is -0.127. The van der Waals surface area contributed by atoms with E-state index in [-0.39, 0.29) is 44.9 Å². The van der Waals surface area contributed by atoms with Gasteiger partial charge in [0.1, 0.15) is 4.90 Å². The van der Waals surface area contributed by atoms with Gasteiger partial charge in [-0.1, -0.05) is 41.0 Å². The van der Waals surface area contributed by atoms with E-state index in [2.05, 4.69) is 0 Å². The van der Waals surface area contributed by atoms with Crippen LogP contribution in [0.15, 0.2) is 23.1 Å². The molecule has 6 nitrogen and oxygen atoms in total. The Morgan fingerprint density at radius 1 is 1.14 bits per heavy atom. The molecule has 2 aliphatic heterocycles. The first-order chi connectivity index (χ1) is 10.3. The van der Waals surface area contributed by atoms with Crippen LogP contribution >= 0.6 is 35.0 Å². The van der Waals surface area contributed by atoms with Crippen molar-refractivity contribution >= 4 is 56.1 Å². The number of imide groups is 1. The van der Waals surface area contributed by atoms with Crippen LogP contribution in [0, 0.1) is 0 Å². The Balaban J connectivity index is 1.80. The van der Waals surface area contributed by atoms with Crippen molar-refractivity contribution in [3.63, 3.8) is 0 Å². The number of carbonyl (C=O) groups is 2. The maximum absolute atomic E-state index is 12.5. The summed E-state index contributed by atoms with van der Waals surface area (Å²) in [6.07, 6.45) is 0. The summed E-state index contributed by atoms with van der Waals surface area (Å²) in [5, 5.41) is -0.248. The predicted molar refractivity (Wildman–Crippen MR) is 83.7 cm³/mol. The van der Waals surface area contributed by atoms with E-state index in [0.29, 0.717) is 0 Å². The average molecular weight is 381 g/mol. The van der Waals surface area contributed by atoms with Gasteiger partial charge in [0.05, 0.1) is 21.8 Å². The van der Waals surface area contributed by atoms with Gasteiger partial charge in [-0.15, -0.1) is 0 Å². The van der Waals surface area contributed by atoms with Crippen molar-refractivity contribution < 1.29 is 18.0 Å². The Morgan fingerprint density at radius 2 is 1.73 bits per heavy atom. The van der Waals surface area contributed by atoms with Crippen LogP contribution in [0.1, 0.15) is 0 Å². The summed E-state index contributed by atoms with van der Waals surface area (Å²) >= 11 is 12.8. The molecular weight excluding hydrogens is 371 g/mol. The van der Waals surface area contributed by atoms with Crippen molar-refractivity contribution in [2.75, 3.05) is 18.8 Å². The molecule has 118 valence electrons. The lowest BCUT2D eigenvalue weighted by atomic mass is 10.1. The highest BCUT2D eigenvalue weighted by Gasteiger charge is 2.46. The molecule has 0 saturated carbocycles. The van der Waals surface area contributed by atoms with Gasteiger partial charge >= 0.3 is 0 Å². The van der Waals surface area contributed by atoms with Crippen molar-refractivity contribution in [1.29, 1.82) is 0 Å². The first-order valence-electron chi connectivity index (χ1n) is 6.25. The molecule has 2 amide bonds. The smallest absolute Gasteiger partial charge is 0.273 e. The minimum Gasteiger partial charge on any atom is -0.273 e. The average Bonchev–Trinajstić information content (AvgIpc) is 2.68. The molecule has 1 aromatic carbocycles. The number of nitrogens with zero attached hydrogens (tertiary/aromatic N) is 2. The van der Waals surface area contributed by atoms with E-state index in [1.54, 1.807) is 6.07 Å². The zero-order valence-corrected chi connectivity index (χ0v) is 14.2. The van der Waals surface area contributed by atoms with E-state index >= 15 is 0 Å². The quantitative estimate of drug-likeness (QED) is 0.801. The molecule has 22 heavy (non-hydrogen) atoms. The molecule has 2 saturated heterocycles. The van der Waals surface area contributed by atoms with Gasteiger partial charge in [-0.2, -0.15) is 4.31 Å². The van der Waals surface area contributed by atoms with E-state index in [1.165, 1.54) is 12.1 Å². The molecule has 0 bridgehead atoms. The lowest BCUT2D eigenvalue weighted by Gasteiger charge is -2.41. The van der Waals surface area contributed by atoms with Crippen LogP contribution in [0.4, 0.5) is 4.79 Å². The molecule has 10 heteroatoms. The monoisotopic (exact) mass is 380 g/mol. The number of benzene rings is 1. The normalized spacial score (nSPS) is 20.5. The van der Waals surface area contributed by atoms with Gasteiger partial charge in [0, 0.05) is 13.1 Å². The molecule has 0 radical (unpaired) electrons. The van der Waals surface area contributed by atoms with Gasteiger partial charge in [0.2, 0.25) is 15.9 Å². The summed E-state index contributed by atoms with van der Waals surface area (Å²) in [4.78, 5) is 24.2. The van der Waals surface area contributed by atoms with Crippen LogP contribution in [0.3, 0.4) is 0 Å². The second kappa shape index (κ2) is 5.68. The summed E-state index contributed by atoms with van der Waals surface area (Å²) < 4.78 is 26.2. The molecule has 2 aliphatic rings. The van der Waals surface area contributed by atoms with Gasteiger partial charge in [0.25, 0.3) is 5.24 Å². The lowest BCUT2D eigenvalue weighted by Crippen LogP contribution is -2.61. The SMILES string of the molecule is O=C1CSC(=O)N1C1CN(S(=O)(=O)c2c(Cl)cccc2Cl)C1. The summed E-state index contributed by atoms with van der Waals surface area (Å²) in [5.74, 6) is -0.175. The van der Waals surface area contributed by atoms with Crippen LogP contribution < -0.4 is 0 Å². The largest absolute Gasteiger partial charge is 0.289 e. The molecule has 0 aromatic heterocycles. The highest BCUT2D eigenvalue weighted by Crippen LogP contribution is 2.35. The fraction of sp³-hybridized carbons (Fsp3) is 0.333. The Kier molecular flexibility index (Phi) is 4.15. The molecule has 3 rings (SSSR count). The van der Waals surface area contributed by atoms with Crippen molar-refractivity contribution in [3.05, 3.63) is 28.2 Å². The zero-order valence-electron chi connectivity index (χ0n) is 11.0. The highest BCUT2D eigenvalue weighted by atomic mass is 35.5. The molecule has 0 spiro atoms. The molecule has 2 fully saturated rings. The van der Waals surface area contributed by atoms with Crippen molar-refractivity contribution in [2.24, 2.45) is 0 Å². The van der Waals surface area contributed by atoms with Gasteiger partial charge in [-0.25, -0.2) is 8.42 Å². The molecular formula is C12H10Cl2N2O4S2. The standard InChI is InChI=1S/C12H10Cl2N2O4S2/c13-8-2-1-3-9(14)11(8)22(19,20)15-4-7(5-15)16-10(17)6-21-12(16)18/h1-3,7H,4-6H2. The summed E-state index contributed by atoms with van der Waals surface area (Å²) in [6.45, 7) is 0.115. The zero-order chi connectivity index (χ0) is 16.1. The first kappa shape index (κ1) is 16.1. The number of hydrogen-bond acceptors (Lipinski definition) is 5. The van der Waals surface area contributed by atoms with E-state index in [4.69, 9.17) is 23.2 Å². The van der Waals surface area contributed by atoms with Crippen LogP contribution in [0.5, 0.6) is 0 Å². The van der Waals surface area contributed by atoms with E-state index in [9.17, 15) is 18.0 Å². The van der Waals surface area contributed by atoms with E-state index < -0.39 is 16.1 Å². The Hall–Kier alpha value is -0.800. The number of sulfonamides is 1. The van der Waals surface area contributed by atoms with Crippen LogP contribution in [-0.4, -0.2) is 53.7 Å².